The number of unbranched alkanes of at least 4 members (excludes halogenated alkanes) is 1. The van der Waals surface area contributed by atoms with Crippen LogP contribution in [0.25, 0.3) is 10.8 Å². The van der Waals surface area contributed by atoms with Gasteiger partial charge in [-0.25, -0.2) is 0 Å². The molecule has 0 amide bonds. The molecule has 0 heterocycles. The Morgan fingerprint density at radius 3 is 2.44 bits per heavy atom. The Labute approximate surface area is 115 Å². The zero-order valence-electron chi connectivity index (χ0n) is 10.5. The maximum absolute atomic E-state index is 6.26. The first-order valence-corrected chi connectivity index (χ1v) is 6.26. The SMILES string of the molecule is Cl.NCCCC[C@H](N)c1cccc2ccccc12. The number of nitrogens with two attached hydrogens (primary N) is 2. The predicted octanol–water partition coefficient (Wildman–Crippen LogP) is 3.39. The van der Waals surface area contributed by atoms with E-state index in [1.165, 1.54) is 16.3 Å². The molecule has 2 aromatic carbocycles. The topological polar surface area (TPSA) is 52.0 Å². The van der Waals surface area contributed by atoms with Crippen molar-refractivity contribution in [2.45, 2.75) is 25.3 Å². The third-order valence-electron chi connectivity index (χ3n) is 3.19. The van der Waals surface area contributed by atoms with E-state index in [1.54, 1.807) is 0 Å². The van der Waals surface area contributed by atoms with Gasteiger partial charge in [-0.05, 0) is 35.7 Å². The molecule has 1 atom stereocenters. The van der Waals surface area contributed by atoms with Gasteiger partial charge in [0.15, 0.2) is 0 Å². The molecule has 0 spiro atoms. The maximum Gasteiger partial charge on any atom is 0.0301 e. The second kappa shape index (κ2) is 7.37. The van der Waals surface area contributed by atoms with Crippen LogP contribution in [0, 0.1) is 0 Å². The van der Waals surface area contributed by atoms with Crippen molar-refractivity contribution >= 4 is 23.2 Å². The highest BCUT2D eigenvalue weighted by Crippen LogP contribution is 2.25. The third-order valence-corrected chi connectivity index (χ3v) is 3.19. The van der Waals surface area contributed by atoms with Gasteiger partial charge in [-0.15, -0.1) is 12.4 Å². The summed E-state index contributed by atoms with van der Waals surface area (Å²) in [6.45, 7) is 0.752. The molecule has 98 valence electrons. The highest BCUT2D eigenvalue weighted by Gasteiger charge is 2.08. The van der Waals surface area contributed by atoms with Gasteiger partial charge in [-0.2, -0.15) is 0 Å². The molecule has 4 N–H and O–H groups in total. The van der Waals surface area contributed by atoms with Crippen LogP contribution < -0.4 is 11.5 Å². The maximum atomic E-state index is 6.26. The van der Waals surface area contributed by atoms with Crippen molar-refractivity contribution in [3.8, 4) is 0 Å². The Morgan fingerprint density at radius 1 is 0.944 bits per heavy atom. The molecule has 18 heavy (non-hydrogen) atoms. The van der Waals surface area contributed by atoms with Crippen LogP contribution in [-0.4, -0.2) is 6.54 Å². The first-order valence-electron chi connectivity index (χ1n) is 6.26. The number of benzene rings is 2. The van der Waals surface area contributed by atoms with Crippen LogP contribution in [0.2, 0.25) is 0 Å². The lowest BCUT2D eigenvalue weighted by molar-refractivity contribution is 0.594. The lowest BCUT2D eigenvalue weighted by Gasteiger charge is -2.14. The number of hydrogen-bond donors (Lipinski definition) is 2. The first-order chi connectivity index (χ1) is 8.33. The predicted molar refractivity (Wildman–Crippen MR) is 81.0 cm³/mol. The Kier molecular flexibility index (Phi) is 6.13. The number of hydrogen-bond acceptors (Lipinski definition) is 2. The van der Waals surface area contributed by atoms with Gasteiger partial charge in [0, 0.05) is 6.04 Å². The quantitative estimate of drug-likeness (QED) is 0.814. The zero-order valence-corrected chi connectivity index (χ0v) is 11.3. The van der Waals surface area contributed by atoms with Gasteiger partial charge in [0.2, 0.25) is 0 Å². The second-order valence-electron chi connectivity index (χ2n) is 4.46. The van der Waals surface area contributed by atoms with Crippen LogP contribution >= 0.6 is 12.4 Å². The Balaban J connectivity index is 0.00000162. The standard InChI is InChI=1S/C15H20N2.ClH/c16-11-4-3-10-15(17)14-9-5-7-12-6-1-2-8-13(12)14;/h1-2,5-9,15H,3-4,10-11,16-17H2;1H/t15-;/m0./s1. The lowest BCUT2D eigenvalue weighted by Crippen LogP contribution is -2.11. The molecule has 0 unspecified atom stereocenters. The first kappa shape index (κ1) is 15.0. The van der Waals surface area contributed by atoms with E-state index in [4.69, 9.17) is 11.5 Å². The van der Waals surface area contributed by atoms with Crippen LogP contribution in [-0.2, 0) is 0 Å². The Morgan fingerprint density at radius 2 is 1.67 bits per heavy atom. The minimum atomic E-state index is 0. The van der Waals surface area contributed by atoms with E-state index in [1.807, 2.05) is 0 Å². The molecule has 0 radical (unpaired) electrons. The fraction of sp³-hybridized carbons (Fsp3) is 0.333. The van der Waals surface area contributed by atoms with Gasteiger partial charge < -0.3 is 11.5 Å². The van der Waals surface area contributed by atoms with E-state index in [0.29, 0.717) is 0 Å². The summed E-state index contributed by atoms with van der Waals surface area (Å²) in [6.07, 6.45) is 3.16. The highest BCUT2D eigenvalue weighted by molar-refractivity contribution is 5.86. The summed E-state index contributed by atoms with van der Waals surface area (Å²) < 4.78 is 0. The van der Waals surface area contributed by atoms with Crippen molar-refractivity contribution in [1.29, 1.82) is 0 Å². The third kappa shape index (κ3) is 3.45. The summed E-state index contributed by atoms with van der Waals surface area (Å²) in [4.78, 5) is 0. The smallest absolute Gasteiger partial charge is 0.0301 e. The van der Waals surface area contributed by atoms with E-state index < -0.39 is 0 Å². The molecule has 3 heteroatoms. The van der Waals surface area contributed by atoms with Gasteiger partial charge in [0.25, 0.3) is 0 Å². The molecule has 2 nitrogen and oxygen atoms in total. The summed E-state index contributed by atoms with van der Waals surface area (Å²) >= 11 is 0. The lowest BCUT2D eigenvalue weighted by atomic mass is 9.96. The number of halogens is 1. The molecule has 0 saturated carbocycles. The molecule has 0 bridgehead atoms. The highest BCUT2D eigenvalue weighted by atomic mass is 35.5. The van der Waals surface area contributed by atoms with Gasteiger partial charge in [0.1, 0.15) is 0 Å². The number of fused-ring (bicyclic) bond motifs is 1. The van der Waals surface area contributed by atoms with Gasteiger partial charge in [0.05, 0.1) is 0 Å². The minimum absolute atomic E-state index is 0. The Bertz CT molecular complexity index is 479. The summed E-state index contributed by atoms with van der Waals surface area (Å²) in [6, 6.07) is 14.9. The average Bonchev–Trinajstić information content (AvgIpc) is 2.38. The molecular formula is C15H21ClN2. The largest absolute Gasteiger partial charge is 0.330 e. The second-order valence-corrected chi connectivity index (χ2v) is 4.46. The summed E-state index contributed by atoms with van der Waals surface area (Å²) in [5.74, 6) is 0. The fourth-order valence-electron chi connectivity index (χ4n) is 2.24. The van der Waals surface area contributed by atoms with E-state index in [9.17, 15) is 0 Å². The molecule has 0 aliphatic rings. The molecule has 0 aromatic heterocycles. The fourth-order valence-corrected chi connectivity index (χ4v) is 2.24. The van der Waals surface area contributed by atoms with Crippen molar-refractivity contribution in [1.82, 2.24) is 0 Å². The monoisotopic (exact) mass is 264 g/mol. The van der Waals surface area contributed by atoms with Crippen molar-refractivity contribution in [2.75, 3.05) is 6.54 Å². The van der Waals surface area contributed by atoms with Crippen LogP contribution in [0.1, 0.15) is 30.9 Å². The van der Waals surface area contributed by atoms with E-state index in [2.05, 4.69) is 42.5 Å². The molecule has 0 aliphatic heterocycles. The van der Waals surface area contributed by atoms with E-state index in [-0.39, 0.29) is 18.4 Å². The van der Waals surface area contributed by atoms with Crippen molar-refractivity contribution < 1.29 is 0 Å². The average molecular weight is 265 g/mol. The van der Waals surface area contributed by atoms with Crippen molar-refractivity contribution in [3.63, 3.8) is 0 Å². The summed E-state index contributed by atoms with van der Waals surface area (Å²) in [5, 5.41) is 2.54. The van der Waals surface area contributed by atoms with Crippen LogP contribution in [0.4, 0.5) is 0 Å². The van der Waals surface area contributed by atoms with Crippen LogP contribution in [0.15, 0.2) is 42.5 Å². The van der Waals surface area contributed by atoms with Crippen LogP contribution in [0.3, 0.4) is 0 Å². The molecule has 0 saturated heterocycles. The normalized spacial score (nSPS) is 12.1. The summed E-state index contributed by atoms with van der Waals surface area (Å²) in [5.41, 5.74) is 13.0. The van der Waals surface area contributed by atoms with E-state index >= 15 is 0 Å². The van der Waals surface area contributed by atoms with Crippen molar-refractivity contribution in [3.05, 3.63) is 48.0 Å². The molecule has 0 fully saturated rings. The van der Waals surface area contributed by atoms with Crippen LogP contribution in [0.5, 0.6) is 0 Å². The molecular weight excluding hydrogens is 244 g/mol. The Hall–Kier alpha value is -1.09. The molecule has 2 aromatic rings. The minimum Gasteiger partial charge on any atom is -0.330 e. The van der Waals surface area contributed by atoms with Crippen molar-refractivity contribution in [2.24, 2.45) is 11.5 Å². The van der Waals surface area contributed by atoms with Gasteiger partial charge in [-0.3, -0.25) is 0 Å². The van der Waals surface area contributed by atoms with Gasteiger partial charge in [-0.1, -0.05) is 48.9 Å². The zero-order chi connectivity index (χ0) is 12.1. The van der Waals surface area contributed by atoms with E-state index in [0.717, 1.165) is 25.8 Å². The van der Waals surface area contributed by atoms with Gasteiger partial charge >= 0.3 is 0 Å². The molecule has 0 aliphatic carbocycles. The molecule has 2 rings (SSSR count). The summed E-state index contributed by atoms with van der Waals surface area (Å²) in [7, 11) is 0. The number of rotatable bonds is 5.